The quantitative estimate of drug-likeness (QED) is 0.845. The molecular formula is C10H12BrNO2. The summed E-state index contributed by atoms with van der Waals surface area (Å²) in [4.78, 5) is 10.8. The molecule has 0 aliphatic heterocycles. The number of hydrogen-bond acceptors (Lipinski definition) is 2. The number of aliphatic hydroxyl groups is 1. The van der Waals surface area contributed by atoms with Gasteiger partial charge in [-0.25, -0.2) is 0 Å². The highest BCUT2D eigenvalue weighted by molar-refractivity contribution is 9.10. The topological polar surface area (TPSA) is 63.3 Å². The summed E-state index contributed by atoms with van der Waals surface area (Å²) < 4.78 is 0.984. The zero-order valence-corrected chi connectivity index (χ0v) is 9.63. The zero-order chi connectivity index (χ0) is 10.9. The van der Waals surface area contributed by atoms with Crippen LogP contribution in [0.4, 0.5) is 0 Å². The van der Waals surface area contributed by atoms with E-state index in [1.54, 1.807) is 12.1 Å². The molecule has 0 bridgehead atoms. The van der Waals surface area contributed by atoms with Crippen molar-refractivity contribution in [2.75, 3.05) is 0 Å². The zero-order valence-electron chi connectivity index (χ0n) is 8.04. The first kappa shape index (κ1) is 11.2. The number of carbonyl (C=O) groups is 1. The van der Waals surface area contributed by atoms with Gasteiger partial charge in [-0.3, -0.25) is 4.79 Å². The number of aryl methyl sites for hydroxylation is 2. The van der Waals surface area contributed by atoms with Gasteiger partial charge >= 0.3 is 0 Å². The number of nitrogens with two attached hydrogens (primary N) is 1. The van der Waals surface area contributed by atoms with Crippen LogP contribution in [0.1, 0.15) is 22.8 Å². The Morgan fingerprint density at radius 2 is 1.86 bits per heavy atom. The molecule has 1 amide bonds. The molecule has 0 fully saturated rings. The van der Waals surface area contributed by atoms with E-state index in [9.17, 15) is 9.90 Å². The summed E-state index contributed by atoms with van der Waals surface area (Å²) in [5.74, 6) is -0.730. The average molecular weight is 258 g/mol. The molecule has 14 heavy (non-hydrogen) atoms. The summed E-state index contributed by atoms with van der Waals surface area (Å²) in [6.45, 7) is 3.79. The van der Waals surface area contributed by atoms with Gasteiger partial charge in [0.1, 0.15) is 0 Å². The highest BCUT2D eigenvalue weighted by Gasteiger charge is 2.15. The van der Waals surface area contributed by atoms with Crippen LogP contribution in [0.25, 0.3) is 0 Å². The highest BCUT2D eigenvalue weighted by atomic mass is 79.9. The Balaban J connectivity index is 3.19. The normalized spacial score (nSPS) is 12.6. The number of benzene rings is 1. The number of rotatable bonds is 2. The van der Waals surface area contributed by atoms with Crippen molar-refractivity contribution in [1.29, 1.82) is 0 Å². The van der Waals surface area contributed by atoms with Gasteiger partial charge in [0.25, 0.3) is 5.91 Å². The van der Waals surface area contributed by atoms with E-state index in [1.807, 2.05) is 13.8 Å². The van der Waals surface area contributed by atoms with Crippen LogP contribution in [0.15, 0.2) is 16.6 Å². The van der Waals surface area contributed by atoms with Crippen LogP contribution in [-0.2, 0) is 4.79 Å². The van der Waals surface area contributed by atoms with Gasteiger partial charge in [-0.15, -0.1) is 0 Å². The van der Waals surface area contributed by atoms with E-state index in [0.29, 0.717) is 5.56 Å². The van der Waals surface area contributed by atoms with Crippen molar-refractivity contribution in [1.82, 2.24) is 0 Å². The van der Waals surface area contributed by atoms with Gasteiger partial charge < -0.3 is 10.8 Å². The fourth-order valence-corrected chi connectivity index (χ4v) is 1.53. The second-order valence-corrected chi connectivity index (χ2v) is 4.07. The molecule has 0 aromatic heterocycles. The SMILES string of the molecule is Cc1cc([C@@H](O)C(N)=O)cc(C)c1Br. The summed E-state index contributed by atoms with van der Waals surface area (Å²) in [7, 11) is 0. The average Bonchev–Trinajstić information content (AvgIpc) is 2.12. The van der Waals surface area contributed by atoms with Gasteiger partial charge in [0, 0.05) is 4.47 Å². The minimum atomic E-state index is -1.22. The van der Waals surface area contributed by atoms with Crippen LogP contribution in [0.5, 0.6) is 0 Å². The molecule has 0 heterocycles. The monoisotopic (exact) mass is 257 g/mol. The summed E-state index contributed by atoms with van der Waals surface area (Å²) in [5, 5.41) is 9.45. The molecule has 1 aromatic rings. The van der Waals surface area contributed by atoms with Crippen LogP contribution in [0.3, 0.4) is 0 Å². The third-order valence-electron chi connectivity index (χ3n) is 2.04. The van der Waals surface area contributed by atoms with Crippen LogP contribution in [-0.4, -0.2) is 11.0 Å². The molecular weight excluding hydrogens is 246 g/mol. The molecule has 0 aliphatic carbocycles. The van der Waals surface area contributed by atoms with E-state index in [1.165, 1.54) is 0 Å². The van der Waals surface area contributed by atoms with Gasteiger partial charge in [-0.2, -0.15) is 0 Å². The molecule has 0 radical (unpaired) electrons. The maximum atomic E-state index is 10.8. The summed E-state index contributed by atoms with van der Waals surface area (Å²) in [5.41, 5.74) is 7.49. The summed E-state index contributed by atoms with van der Waals surface area (Å²) >= 11 is 3.40. The first-order valence-electron chi connectivity index (χ1n) is 4.17. The number of primary amides is 1. The molecule has 3 N–H and O–H groups in total. The summed E-state index contributed by atoms with van der Waals surface area (Å²) in [6, 6.07) is 3.49. The number of aliphatic hydroxyl groups excluding tert-OH is 1. The van der Waals surface area contributed by atoms with Crippen molar-refractivity contribution in [3.8, 4) is 0 Å². The smallest absolute Gasteiger partial charge is 0.250 e. The van der Waals surface area contributed by atoms with E-state index in [0.717, 1.165) is 15.6 Å². The number of halogens is 1. The number of hydrogen-bond donors (Lipinski definition) is 2. The van der Waals surface area contributed by atoms with Crippen LogP contribution in [0.2, 0.25) is 0 Å². The first-order chi connectivity index (χ1) is 6.43. The fraction of sp³-hybridized carbons (Fsp3) is 0.300. The Bertz CT molecular complexity index is 353. The number of carbonyl (C=O) groups excluding carboxylic acids is 1. The Kier molecular flexibility index (Phi) is 3.29. The Labute approximate surface area is 91.1 Å². The molecule has 0 saturated heterocycles. The standard InChI is InChI=1S/C10H12BrNO2/c1-5-3-7(9(13)10(12)14)4-6(2)8(5)11/h3-4,9,13H,1-2H3,(H2,12,14)/t9-/m1/s1. The molecule has 0 aliphatic rings. The largest absolute Gasteiger partial charge is 0.378 e. The van der Waals surface area contributed by atoms with Crippen molar-refractivity contribution >= 4 is 21.8 Å². The van der Waals surface area contributed by atoms with E-state index >= 15 is 0 Å². The molecule has 3 nitrogen and oxygen atoms in total. The summed E-state index contributed by atoms with van der Waals surface area (Å²) in [6.07, 6.45) is -1.22. The van der Waals surface area contributed by atoms with Crippen molar-refractivity contribution in [3.63, 3.8) is 0 Å². The predicted octanol–water partition coefficient (Wildman–Crippen LogP) is 1.58. The molecule has 0 spiro atoms. The second-order valence-electron chi connectivity index (χ2n) is 3.27. The van der Waals surface area contributed by atoms with Crippen LogP contribution in [0, 0.1) is 13.8 Å². The van der Waals surface area contributed by atoms with Crippen molar-refractivity contribution < 1.29 is 9.90 Å². The lowest BCUT2D eigenvalue weighted by Gasteiger charge is -2.10. The highest BCUT2D eigenvalue weighted by Crippen LogP contribution is 2.25. The lowest BCUT2D eigenvalue weighted by atomic mass is 10.0. The lowest BCUT2D eigenvalue weighted by Crippen LogP contribution is -2.21. The second kappa shape index (κ2) is 4.11. The van der Waals surface area contributed by atoms with E-state index < -0.39 is 12.0 Å². The van der Waals surface area contributed by atoms with Gasteiger partial charge in [0.2, 0.25) is 0 Å². The first-order valence-corrected chi connectivity index (χ1v) is 4.97. The molecule has 4 heteroatoms. The minimum absolute atomic E-state index is 0.538. The predicted molar refractivity (Wildman–Crippen MR) is 57.8 cm³/mol. The van der Waals surface area contributed by atoms with Crippen molar-refractivity contribution in [2.24, 2.45) is 5.73 Å². The molecule has 76 valence electrons. The van der Waals surface area contributed by atoms with Gasteiger partial charge in [-0.1, -0.05) is 28.1 Å². The maximum absolute atomic E-state index is 10.8. The number of amides is 1. The van der Waals surface area contributed by atoms with Crippen molar-refractivity contribution in [3.05, 3.63) is 33.3 Å². The van der Waals surface area contributed by atoms with Crippen molar-refractivity contribution in [2.45, 2.75) is 20.0 Å². The Morgan fingerprint density at radius 1 is 1.43 bits per heavy atom. The van der Waals surface area contributed by atoms with E-state index in [2.05, 4.69) is 15.9 Å². The molecule has 1 atom stereocenters. The minimum Gasteiger partial charge on any atom is -0.378 e. The maximum Gasteiger partial charge on any atom is 0.250 e. The third kappa shape index (κ3) is 2.13. The molecule has 0 unspecified atom stereocenters. The third-order valence-corrected chi connectivity index (χ3v) is 3.29. The van der Waals surface area contributed by atoms with Gasteiger partial charge in [0.15, 0.2) is 6.10 Å². The van der Waals surface area contributed by atoms with Crippen LogP contribution >= 0.6 is 15.9 Å². The van der Waals surface area contributed by atoms with Gasteiger partial charge in [0.05, 0.1) is 0 Å². The Morgan fingerprint density at radius 3 is 2.21 bits per heavy atom. The van der Waals surface area contributed by atoms with E-state index in [4.69, 9.17) is 5.73 Å². The lowest BCUT2D eigenvalue weighted by molar-refractivity contribution is -0.126. The molecule has 1 aromatic carbocycles. The van der Waals surface area contributed by atoms with Crippen LogP contribution < -0.4 is 5.73 Å². The van der Waals surface area contributed by atoms with Gasteiger partial charge in [-0.05, 0) is 30.5 Å². The molecule has 1 rings (SSSR count). The van der Waals surface area contributed by atoms with E-state index in [-0.39, 0.29) is 0 Å². The molecule has 0 saturated carbocycles. The Hall–Kier alpha value is -0.870. The fourth-order valence-electron chi connectivity index (χ4n) is 1.30.